The zero-order chi connectivity index (χ0) is 17.4. The van der Waals surface area contributed by atoms with E-state index in [2.05, 4.69) is 0 Å². The molecule has 0 saturated heterocycles. The molecular weight excluding hydrogens is 314 g/mol. The number of benzene rings is 2. The topological polar surface area (TPSA) is 54.5 Å². The van der Waals surface area contributed by atoms with E-state index in [1.165, 1.54) is 17.1 Å². The van der Waals surface area contributed by atoms with Gasteiger partial charge in [-0.25, -0.2) is 0 Å². The SMILES string of the molecule is O=C(Cc1ccccc1)C1Cc2ccccc2C1N1C(=O)C=CC1=O. The summed E-state index contributed by atoms with van der Waals surface area (Å²) in [7, 11) is 0. The Morgan fingerprint density at radius 1 is 0.920 bits per heavy atom. The molecule has 0 aromatic heterocycles. The monoisotopic (exact) mass is 331 g/mol. The van der Waals surface area contributed by atoms with Crippen LogP contribution in [0.2, 0.25) is 0 Å². The van der Waals surface area contributed by atoms with Gasteiger partial charge in [-0.3, -0.25) is 19.3 Å². The second kappa shape index (κ2) is 6.13. The van der Waals surface area contributed by atoms with Crippen LogP contribution in [0.1, 0.15) is 22.7 Å². The smallest absolute Gasteiger partial charge is 0.254 e. The summed E-state index contributed by atoms with van der Waals surface area (Å²) in [6, 6.07) is 16.7. The lowest BCUT2D eigenvalue weighted by Gasteiger charge is -2.28. The molecule has 0 spiro atoms. The third kappa shape index (κ3) is 2.70. The van der Waals surface area contributed by atoms with Crippen molar-refractivity contribution in [3.63, 3.8) is 0 Å². The summed E-state index contributed by atoms with van der Waals surface area (Å²) >= 11 is 0. The number of carbonyl (C=O) groups excluding carboxylic acids is 3. The van der Waals surface area contributed by atoms with Gasteiger partial charge in [0.15, 0.2) is 0 Å². The van der Waals surface area contributed by atoms with Crippen LogP contribution in [-0.2, 0) is 27.2 Å². The van der Waals surface area contributed by atoms with Gasteiger partial charge in [-0.15, -0.1) is 0 Å². The summed E-state index contributed by atoms with van der Waals surface area (Å²) in [4.78, 5) is 38.7. The fourth-order valence-electron chi connectivity index (χ4n) is 3.80. The molecule has 4 nitrogen and oxygen atoms in total. The third-order valence-electron chi connectivity index (χ3n) is 4.95. The summed E-state index contributed by atoms with van der Waals surface area (Å²) in [6.45, 7) is 0. The van der Waals surface area contributed by atoms with Gasteiger partial charge in [-0.2, -0.15) is 0 Å². The summed E-state index contributed by atoms with van der Waals surface area (Å²) in [5.41, 5.74) is 2.88. The molecule has 0 saturated carbocycles. The van der Waals surface area contributed by atoms with Crippen LogP contribution >= 0.6 is 0 Å². The average Bonchev–Trinajstić information content (AvgIpc) is 3.15. The summed E-state index contributed by atoms with van der Waals surface area (Å²) in [5.74, 6) is -1.03. The summed E-state index contributed by atoms with van der Waals surface area (Å²) < 4.78 is 0. The molecule has 2 unspecified atom stereocenters. The minimum atomic E-state index is -0.512. The van der Waals surface area contributed by atoms with E-state index < -0.39 is 12.0 Å². The molecule has 0 N–H and O–H groups in total. The zero-order valence-electron chi connectivity index (χ0n) is 13.6. The Kier molecular flexibility index (Phi) is 3.80. The Hall–Kier alpha value is -3.01. The van der Waals surface area contributed by atoms with Crippen LogP contribution in [0.4, 0.5) is 0 Å². The fourth-order valence-corrected chi connectivity index (χ4v) is 3.80. The second-order valence-corrected chi connectivity index (χ2v) is 6.46. The van der Waals surface area contributed by atoms with Crippen LogP contribution in [0.25, 0.3) is 0 Å². The van der Waals surface area contributed by atoms with Gasteiger partial charge in [0, 0.05) is 24.5 Å². The van der Waals surface area contributed by atoms with E-state index in [0.717, 1.165) is 16.7 Å². The number of hydrogen-bond donors (Lipinski definition) is 0. The maximum absolute atomic E-state index is 13.0. The highest BCUT2D eigenvalue weighted by molar-refractivity contribution is 6.13. The van der Waals surface area contributed by atoms with E-state index in [-0.39, 0.29) is 17.6 Å². The Balaban J connectivity index is 1.68. The molecule has 2 amide bonds. The van der Waals surface area contributed by atoms with Gasteiger partial charge < -0.3 is 0 Å². The maximum Gasteiger partial charge on any atom is 0.254 e. The van der Waals surface area contributed by atoms with E-state index in [4.69, 9.17) is 0 Å². The Bertz CT molecular complexity index is 867. The minimum absolute atomic E-state index is 0.0555. The van der Waals surface area contributed by atoms with E-state index in [9.17, 15) is 14.4 Å². The van der Waals surface area contributed by atoms with Gasteiger partial charge in [-0.05, 0) is 23.1 Å². The first kappa shape index (κ1) is 15.5. The molecule has 2 atom stereocenters. The first-order valence-electron chi connectivity index (χ1n) is 8.35. The molecule has 4 heteroatoms. The van der Waals surface area contributed by atoms with Crippen molar-refractivity contribution in [1.82, 2.24) is 4.90 Å². The van der Waals surface area contributed by atoms with Gasteiger partial charge >= 0.3 is 0 Å². The predicted molar refractivity (Wildman–Crippen MR) is 92.5 cm³/mol. The lowest BCUT2D eigenvalue weighted by Crippen LogP contribution is -2.39. The molecule has 0 bridgehead atoms. The Labute approximate surface area is 145 Å². The molecule has 0 fully saturated rings. The van der Waals surface area contributed by atoms with Crippen LogP contribution in [0, 0.1) is 5.92 Å². The van der Waals surface area contributed by atoms with Gasteiger partial charge in [0.25, 0.3) is 11.8 Å². The number of nitrogens with zero attached hydrogens (tertiary/aromatic N) is 1. The standard InChI is InChI=1S/C21H17NO3/c23-18(12-14-6-2-1-3-7-14)17-13-15-8-4-5-9-16(15)21(17)22-19(24)10-11-20(22)25/h1-11,17,21H,12-13H2. The van der Waals surface area contributed by atoms with Crippen LogP contribution in [0.15, 0.2) is 66.7 Å². The average molecular weight is 331 g/mol. The molecule has 1 aliphatic carbocycles. The van der Waals surface area contributed by atoms with E-state index >= 15 is 0 Å². The normalized spacial score (nSPS) is 21.7. The molecular formula is C21H17NO3. The van der Waals surface area contributed by atoms with E-state index in [1.54, 1.807) is 0 Å². The highest BCUT2D eigenvalue weighted by atomic mass is 16.2. The van der Waals surface area contributed by atoms with Crippen molar-refractivity contribution in [3.8, 4) is 0 Å². The lowest BCUT2D eigenvalue weighted by molar-refractivity contribution is -0.141. The van der Waals surface area contributed by atoms with Gasteiger partial charge in [0.1, 0.15) is 5.78 Å². The molecule has 1 heterocycles. The third-order valence-corrected chi connectivity index (χ3v) is 4.95. The maximum atomic E-state index is 13.0. The molecule has 25 heavy (non-hydrogen) atoms. The predicted octanol–water partition coefficient (Wildman–Crippen LogP) is 2.64. The van der Waals surface area contributed by atoms with Gasteiger partial charge in [0.2, 0.25) is 0 Å². The molecule has 0 radical (unpaired) electrons. The van der Waals surface area contributed by atoms with Crippen molar-refractivity contribution in [2.45, 2.75) is 18.9 Å². The molecule has 2 aromatic carbocycles. The largest absolute Gasteiger partial charge is 0.299 e. The molecule has 4 rings (SSSR count). The zero-order valence-corrected chi connectivity index (χ0v) is 13.6. The van der Waals surface area contributed by atoms with Crippen LogP contribution in [0.3, 0.4) is 0 Å². The number of carbonyl (C=O) groups is 3. The number of rotatable bonds is 4. The quantitative estimate of drug-likeness (QED) is 0.809. The van der Waals surface area contributed by atoms with Crippen LogP contribution < -0.4 is 0 Å². The van der Waals surface area contributed by atoms with Crippen molar-refractivity contribution in [3.05, 3.63) is 83.4 Å². The van der Waals surface area contributed by atoms with Crippen LogP contribution in [-0.4, -0.2) is 22.5 Å². The van der Waals surface area contributed by atoms with Crippen molar-refractivity contribution in [2.75, 3.05) is 0 Å². The molecule has 2 aliphatic rings. The van der Waals surface area contributed by atoms with Gasteiger partial charge in [0.05, 0.1) is 6.04 Å². The van der Waals surface area contributed by atoms with Crippen LogP contribution in [0.5, 0.6) is 0 Å². The second-order valence-electron chi connectivity index (χ2n) is 6.46. The highest BCUT2D eigenvalue weighted by Crippen LogP contribution is 2.42. The molecule has 1 aliphatic heterocycles. The highest BCUT2D eigenvalue weighted by Gasteiger charge is 2.44. The van der Waals surface area contributed by atoms with Crippen molar-refractivity contribution >= 4 is 17.6 Å². The molecule has 124 valence electrons. The minimum Gasteiger partial charge on any atom is -0.299 e. The first-order valence-corrected chi connectivity index (χ1v) is 8.35. The number of hydrogen-bond acceptors (Lipinski definition) is 3. The van der Waals surface area contributed by atoms with E-state index in [0.29, 0.717) is 12.8 Å². The number of amides is 2. The van der Waals surface area contributed by atoms with Crippen molar-refractivity contribution in [1.29, 1.82) is 0 Å². The Morgan fingerprint density at radius 2 is 1.56 bits per heavy atom. The van der Waals surface area contributed by atoms with E-state index in [1.807, 2.05) is 54.6 Å². The first-order chi connectivity index (χ1) is 12.1. The fraction of sp³-hybridized carbons (Fsp3) is 0.190. The lowest BCUT2D eigenvalue weighted by atomic mass is 9.90. The summed E-state index contributed by atoms with van der Waals surface area (Å²) in [6.07, 6.45) is 3.42. The van der Waals surface area contributed by atoms with Gasteiger partial charge in [-0.1, -0.05) is 54.6 Å². The summed E-state index contributed by atoms with van der Waals surface area (Å²) in [5, 5.41) is 0. The Morgan fingerprint density at radius 3 is 2.28 bits per heavy atom. The molecule has 2 aromatic rings. The van der Waals surface area contributed by atoms with Crippen molar-refractivity contribution in [2.24, 2.45) is 5.92 Å². The number of Topliss-reactive ketones (excluding diaryl/α,β-unsaturated/α-hetero) is 1. The number of fused-ring (bicyclic) bond motifs is 1. The van der Waals surface area contributed by atoms with Crippen molar-refractivity contribution < 1.29 is 14.4 Å². The number of ketones is 1. The number of imide groups is 1.